The molecule has 122 valence electrons. The first-order chi connectivity index (χ1) is 9.74. The van der Waals surface area contributed by atoms with E-state index in [1.807, 2.05) is 0 Å². The second-order valence-electron chi connectivity index (χ2n) is 5.52. The van der Waals surface area contributed by atoms with Crippen LogP contribution in [0.25, 0.3) is 0 Å². The van der Waals surface area contributed by atoms with Gasteiger partial charge in [0.15, 0.2) is 0 Å². The number of hydrogen-bond donors (Lipinski definition) is 1. The third-order valence-electron chi connectivity index (χ3n) is 3.77. The number of piperidine rings is 1. The fraction of sp³-hybridized carbons (Fsp3) is 0.846. The third-order valence-corrected chi connectivity index (χ3v) is 5.60. The molecule has 0 aliphatic carbocycles. The molecule has 0 aromatic rings. The number of carboxylic acids is 1. The standard InChI is InChI=1S/C13H24N2O5S/c1-14(2)21(19,20)10-8-12(16)15-9-4-3-5-11(15)6-7-13(17)18/h11H,3-10H2,1-2H3,(H,17,18). The number of sulfonamides is 1. The van der Waals surface area contributed by atoms with Crippen molar-refractivity contribution in [2.75, 3.05) is 26.4 Å². The van der Waals surface area contributed by atoms with Crippen LogP contribution in [-0.4, -0.2) is 67.0 Å². The van der Waals surface area contributed by atoms with Gasteiger partial charge in [-0.3, -0.25) is 9.59 Å². The lowest BCUT2D eigenvalue weighted by atomic mass is 9.97. The van der Waals surface area contributed by atoms with E-state index < -0.39 is 16.0 Å². The van der Waals surface area contributed by atoms with Crippen LogP contribution < -0.4 is 0 Å². The molecule has 1 amide bonds. The van der Waals surface area contributed by atoms with Crippen molar-refractivity contribution in [3.8, 4) is 0 Å². The van der Waals surface area contributed by atoms with Gasteiger partial charge in [0.25, 0.3) is 0 Å². The molecular weight excluding hydrogens is 296 g/mol. The summed E-state index contributed by atoms with van der Waals surface area (Å²) in [5.74, 6) is -1.28. The summed E-state index contributed by atoms with van der Waals surface area (Å²) >= 11 is 0. The van der Waals surface area contributed by atoms with Gasteiger partial charge in [0, 0.05) is 39.5 Å². The smallest absolute Gasteiger partial charge is 0.303 e. The second kappa shape index (κ2) is 7.74. The Hall–Kier alpha value is -1.15. The van der Waals surface area contributed by atoms with E-state index in [1.165, 1.54) is 14.1 Å². The maximum atomic E-state index is 12.2. The van der Waals surface area contributed by atoms with Crippen LogP contribution in [0.3, 0.4) is 0 Å². The minimum Gasteiger partial charge on any atom is -0.481 e. The molecule has 1 fully saturated rings. The number of hydrogen-bond acceptors (Lipinski definition) is 4. The Balaban J connectivity index is 2.58. The molecule has 1 rings (SSSR count). The zero-order valence-electron chi connectivity index (χ0n) is 12.6. The van der Waals surface area contributed by atoms with E-state index in [9.17, 15) is 18.0 Å². The Bertz CT molecular complexity index is 475. The maximum absolute atomic E-state index is 12.2. The molecule has 0 radical (unpaired) electrons. The highest BCUT2D eigenvalue weighted by atomic mass is 32.2. The summed E-state index contributed by atoms with van der Waals surface area (Å²) in [5, 5.41) is 8.75. The predicted octanol–water partition coefficient (Wildman–Crippen LogP) is 0.514. The highest BCUT2D eigenvalue weighted by molar-refractivity contribution is 7.89. The summed E-state index contributed by atoms with van der Waals surface area (Å²) < 4.78 is 24.5. The molecule has 1 N–H and O–H groups in total. The SMILES string of the molecule is CN(C)S(=O)(=O)CCC(=O)N1CCCCC1CCC(=O)O. The van der Waals surface area contributed by atoms with Gasteiger partial charge in [-0.1, -0.05) is 0 Å². The Kier molecular flexibility index (Phi) is 6.60. The zero-order valence-corrected chi connectivity index (χ0v) is 13.4. The van der Waals surface area contributed by atoms with Gasteiger partial charge in [0.05, 0.1) is 5.75 Å². The van der Waals surface area contributed by atoms with Crippen LogP contribution in [0.15, 0.2) is 0 Å². The zero-order chi connectivity index (χ0) is 16.0. The van der Waals surface area contributed by atoms with Crippen LogP contribution in [0, 0.1) is 0 Å². The summed E-state index contributed by atoms with van der Waals surface area (Å²) in [6.45, 7) is 0.588. The first kappa shape index (κ1) is 17.9. The molecule has 0 spiro atoms. The van der Waals surface area contributed by atoms with Crippen molar-refractivity contribution in [2.24, 2.45) is 0 Å². The summed E-state index contributed by atoms with van der Waals surface area (Å²) in [7, 11) is -0.502. The van der Waals surface area contributed by atoms with Gasteiger partial charge in [-0.15, -0.1) is 0 Å². The van der Waals surface area contributed by atoms with E-state index in [0.717, 1.165) is 23.6 Å². The van der Waals surface area contributed by atoms with Crippen molar-refractivity contribution in [2.45, 2.75) is 44.6 Å². The average molecular weight is 320 g/mol. The second-order valence-corrected chi connectivity index (χ2v) is 7.82. The minimum absolute atomic E-state index is 0.0322. The molecular formula is C13H24N2O5S. The molecule has 1 atom stereocenters. The summed E-state index contributed by atoms with van der Waals surface area (Å²) in [6.07, 6.45) is 3.06. The van der Waals surface area contributed by atoms with Gasteiger partial charge in [-0.25, -0.2) is 12.7 Å². The lowest BCUT2D eigenvalue weighted by Gasteiger charge is -2.35. The number of carboxylic acid groups (broad SMARTS) is 1. The van der Waals surface area contributed by atoms with Crippen molar-refractivity contribution >= 4 is 21.9 Å². The van der Waals surface area contributed by atoms with Crippen LogP contribution in [-0.2, 0) is 19.6 Å². The van der Waals surface area contributed by atoms with Crippen molar-refractivity contribution in [3.63, 3.8) is 0 Å². The lowest BCUT2D eigenvalue weighted by Crippen LogP contribution is -2.44. The molecule has 0 bridgehead atoms. The van der Waals surface area contributed by atoms with Crippen molar-refractivity contribution in [1.29, 1.82) is 0 Å². The topological polar surface area (TPSA) is 95.0 Å². The molecule has 0 aromatic heterocycles. The highest BCUT2D eigenvalue weighted by Gasteiger charge is 2.28. The van der Waals surface area contributed by atoms with Crippen LogP contribution >= 0.6 is 0 Å². The van der Waals surface area contributed by atoms with Gasteiger partial charge in [-0.05, 0) is 25.7 Å². The number of carbonyl (C=O) groups excluding carboxylic acids is 1. The number of aliphatic carboxylic acids is 1. The van der Waals surface area contributed by atoms with Crippen molar-refractivity contribution in [1.82, 2.24) is 9.21 Å². The minimum atomic E-state index is -3.38. The molecule has 8 heteroatoms. The van der Waals surface area contributed by atoms with Gasteiger partial charge >= 0.3 is 5.97 Å². The number of rotatable bonds is 7. The molecule has 1 aliphatic heterocycles. The molecule has 21 heavy (non-hydrogen) atoms. The van der Waals surface area contributed by atoms with E-state index in [2.05, 4.69) is 0 Å². The van der Waals surface area contributed by atoms with E-state index in [0.29, 0.717) is 13.0 Å². The fourth-order valence-corrected chi connectivity index (χ4v) is 3.26. The molecule has 1 aliphatic rings. The summed E-state index contributed by atoms with van der Waals surface area (Å²) in [4.78, 5) is 24.5. The van der Waals surface area contributed by atoms with Crippen molar-refractivity contribution in [3.05, 3.63) is 0 Å². The Morgan fingerprint density at radius 2 is 1.90 bits per heavy atom. The number of likely N-dealkylation sites (tertiary alicyclic amines) is 1. The third kappa shape index (κ3) is 5.62. The molecule has 1 unspecified atom stereocenters. The molecule has 1 saturated heterocycles. The molecule has 0 aromatic carbocycles. The number of amides is 1. The van der Waals surface area contributed by atoms with Crippen molar-refractivity contribution < 1.29 is 23.1 Å². The molecule has 1 heterocycles. The van der Waals surface area contributed by atoms with Crippen LogP contribution in [0.1, 0.15) is 38.5 Å². The molecule has 7 nitrogen and oxygen atoms in total. The lowest BCUT2D eigenvalue weighted by molar-refractivity contribution is -0.140. The van der Waals surface area contributed by atoms with E-state index in [-0.39, 0.29) is 30.5 Å². The van der Waals surface area contributed by atoms with Crippen LogP contribution in [0.2, 0.25) is 0 Å². The van der Waals surface area contributed by atoms with Gasteiger partial charge in [-0.2, -0.15) is 0 Å². The largest absolute Gasteiger partial charge is 0.481 e. The van der Waals surface area contributed by atoms with E-state index >= 15 is 0 Å². The Labute approximate surface area is 126 Å². The predicted molar refractivity (Wildman–Crippen MR) is 78.3 cm³/mol. The number of nitrogens with zero attached hydrogens (tertiary/aromatic N) is 2. The Morgan fingerprint density at radius 3 is 2.48 bits per heavy atom. The van der Waals surface area contributed by atoms with Gasteiger partial charge in [0.1, 0.15) is 0 Å². The van der Waals surface area contributed by atoms with E-state index in [1.54, 1.807) is 4.90 Å². The highest BCUT2D eigenvalue weighted by Crippen LogP contribution is 2.22. The summed E-state index contributed by atoms with van der Waals surface area (Å²) in [5.41, 5.74) is 0. The van der Waals surface area contributed by atoms with E-state index in [4.69, 9.17) is 5.11 Å². The first-order valence-electron chi connectivity index (χ1n) is 7.15. The van der Waals surface area contributed by atoms with Crippen LogP contribution in [0.5, 0.6) is 0 Å². The molecule has 0 saturated carbocycles. The number of carbonyl (C=O) groups is 2. The monoisotopic (exact) mass is 320 g/mol. The quantitative estimate of drug-likeness (QED) is 0.737. The average Bonchev–Trinajstić information content (AvgIpc) is 2.42. The first-order valence-corrected chi connectivity index (χ1v) is 8.76. The normalized spacial score (nSPS) is 19.8. The maximum Gasteiger partial charge on any atom is 0.303 e. The Morgan fingerprint density at radius 1 is 1.24 bits per heavy atom. The van der Waals surface area contributed by atoms with Crippen LogP contribution in [0.4, 0.5) is 0 Å². The fourth-order valence-electron chi connectivity index (χ4n) is 2.46. The van der Waals surface area contributed by atoms with Gasteiger partial charge in [0.2, 0.25) is 15.9 Å². The summed E-state index contributed by atoms with van der Waals surface area (Å²) in [6, 6.07) is -0.0792. The van der Waals surface area contributed by atoms with Gasteiger partial charge < -0.3 is 10.0 Å².